The number of hydrogen-bond acceptors (Lipinski definition) is 6. The second kappa shape index (κ2) is 9.95. The van der Waals surface area contributed by atoms with E-state index in [4.69, 9.17) is 16.6 Å². The van der Waals surface area contributed by atoms with Crippen molar-refractivity contribution in [2.75, 3.05) is 11.9 Å². The van der Waals surface area contributed by atoms with Gasteiger partial charge in [0.25, 0.3) is 0 Å². The molecule has 0 saturated carbocycles. The van der Waals surface area contributed by atoms with Gasteiger partial charge in [-0.05, 0) is 48.6 Å². The van der Waals surface area contributed by atoms with Crippen molar-refractivity contribution in [3.05, 3.63) is 86.8 Å². The van der Waals surface area contributed by atoms with Gasteiger partial charge in [-0.2, -0.15) is 0 Å². The number of rotatable bonds is 8. The van der Waals surface area contributed by atoms with Gasteiger partial charge in [-0.3, -0.25) is 4.98 Å². The van der Waals surface area contributed by atoms with E-state index in [0.29, 0.717) is 47.3 Å². The fourth-order valence-electron chi connectivity index (χ4n) is 3.94. The summed E-state index contributed by atoms with van der Waals surface area (Å²) in [5.41, 5.74) is 2.81. The molecule has 0 fully saturated rings. The van der Waals surface area contributed by atoms with Gasteiger partial charge in [0.05, 0.1) is 17.5 Å². The molecule has 178 valence electrons. The van der Waals surface area contributed by atoms with Crippen molar-refractivity contribution >= 4 is 23.1 Å². The Bertz CT molecular complexity index is 1310. The summed E-state index contributed by atoms with van der Waals surface area (Å²) in [7, 11) is 0. The lowest BCUT2D eigenvalue weighted by molar-refractivity contribution is 0.158. The van der Waals surface area contributed by atoms with Gasteiger partial charge in [0, 0.05) is 29.4 Å². The number of aromatic nitrogens is 5. The average Bonchev–Trinajstić information content (AvgIpc) is 3.20. The largest absolute Gasteiger partial charge is 0.387 e. The van der Waals surface area contributed by atoms with E-state index < -0.39 is 17.2 Å². The summed E-state index contributed by atoms with van der Waals surface area (Å²) in [5, 5.41) is 21.9. The topological polar surface area (TPSA) is 108 Å². The minimum Gasteiger partial charge on any atom is -0.387 e. The number of benzene rings is 1. The molecule has 0 amide bonds. The number of pyridine rings is 1. The van der Waals surface area contributed by atoms with Gasteiger partial charge in [0.2, 0.25) is 5.65 Å². The molecule has 9 heteroatoms. The van der Waals surface area contributed by atoms with Crippen LogP contribution in [0.2, 0.25) is 5.02 Å². The minimum atomic E-state index is -0.903. The van der Waals surface area contributed by atoms with E-state index >= 15 is 0 Å². The van der Waals surface area contributed by atoms with Crippen molar-refractivity contribution in [2.24, 2.45) is 0 Å². The highest BCUT2D eigenvalue weighted by atomic mass is 35.5. The van der Waals surface area contributed by atoms with E-state index in [1.165, 1.54) is 4.40 Å². The number of aliphatic hydroxyl groups is 1. The Morgan fingerprint density at radius 3 is 2.59 bits per heavy atom. The smallest absolute Gasteiger partial charge is 0.348 e. The first-order valence-corrected chi connectivity index (χ1v) is 11.7. The quantitative estimate of drug-likeness (QED) is 0.350. The molecule has 4 rings (SSSR count). The van der Waals surface area contributed by atoms with Crippen molar-refractivity contribution in [2.45, 2.75) is 51.6 Å². The van der Waals surface area contributed by atoms with Gasteiger partial charge >= 0.3 is 5.69 Å². The molecule has 0 aliphatic rings. The summed E-state index contributed by atoms with van der Waals surface area (Å²) in [4.78, 5) is 21.8. The second-order valence-corrected chi connectivity index (χ2v) is 9.79. The molecular formula is C25H29ClN6O2. The molecule has 1 unspecified atom stereocenters. The van der Waals surface area contributed by atoms with E-state index in [9.17, 15) is 9.90 Å². The van der Waals surface area contributed by atoms with E-state index in [1.807, 2.05) is 63.4 Å². The first-order chi connectivity index (χ1) is 16.2. The van der Waals surface area contributed by atoms with E-state index in [1.54, 1.807) is 6.20 Å². The molecule has 1 aromatic carbocycles. The molecule has 0 radical (unpaired) electrons. The molecule has 0 aliphatic carbocycles. The molecule has 8 nitrogen and oxygen atoms in total. The lowest BCUT2D eigenvalue weighted by Crippen LogP contribution is -2.27. The summed E-state index contributed by atoms with van der Waals surface area (Å²) in [6.07, 6.45) is 4.45. The molecule has 34 heavy (non-hydrogen) atoms. The predicted octanol–water partition coefficient (Wildman–Crippen LogP) is 4.08. The Labute approximate surface area is 203 Å². The lowest BCUT2D eigenvalue weighted by Gasteiger charge is -2.26. The molecule has 3 aromatic heterocycles. The van der Waals surface area contributed by atoms with Gasteiger partial charge < -0.3 is 10.4 Å². The van der Waals surface area contributed by atoms with Gasteiger partial charge in [0.15, 0.2) is 5.82 Å². The van der Waals surface area contributed by atoms with Crippen LogP contribution in [0, 0.1) is 0 Å². The molecule has 0 spiro atoms. The molecular weight excluding hydrogens is 452 g/mol. The fourth-order valence-corrected chi connectivity index (χ4v) is 4.07. The summed E-state index contributed by atoms with van der Waals surface area (Å²) in [6, 6.07) is 11.4. The highest BCUT2D eigenvalue weighted by molar-refractivity contribution is 6.30. The van der Waals surface area contributed by atoms with Gasteiger partial charge in [-0.25, -0.2) is 19.3 Å². The standard InChI is InChI=1S/C25H29ClN6O2/c1-25(2,3)21-20(19(33)11-8-16-6-9-18(26)10-7-16)32-23(30-31-24(32)34)22(29-21)28-14-12-17-5-4-13-27-15-17/h4-7,9-10,13,15,19,33H,8,11-12,14H2,1-3H3,(H,28,29)(H,31,34). The zero-order valence-electron chi connectivity index (χ0n) is 19.5. The number of aryl methyl sites for hydroxylation is 1. The van der Waals surface area contributed by atoms with Crippen molar-refractivity contribution in [3.8, 4) is 0 Å². The van der Waals surface area contributed by atoms with Crippen LogP contribution in [-0.2, 0) is 18.3 Å². The van der Waals surface area contributed by atoms with E-state index in [2.05, 4.69) is 20.5 Å². The number of anilines is 1. The Kier molecular flexibility index (Phi) is 7.00. The molecule has 0 saturated heterocycles. The van der Waals surface area contributed by atoms with Crippen molar-refractivity contribution < 1.29 is 5.11 Å². The van der Waals surface area contributed by atoms with Crippen molar-refractivity contribution in [3.63, 3.8) is 0 Å². The molecule has 1 atom stereocenters. The number of H-pyrrole nitrogens is 1. The van der Waals surface area contributed by atoms with Crippen LogP contribution >= 0.6 is 11.6 Å². The molecule has 4 aromatic rings. The molecule has 0 aliphatic heterocycles. The lowest BCUT2D eigenvalue weighted by atomic mass is 9.88. The fraction of sp³-hybridized carbons (Fsp3) is 0.360. The second-order valence-electron chi connectivity index (χ2n) is 9.35. The molecule has 0 bridgehead atoms. The van der Waals surface area contributed by atoms with E-state index in [-0.39, 0.29) is 0 Å². The van der Waals surface area contributed by atoms with Crippen LogP contribution < -0.4 is 11.0 Å². The Hall–Kier alpha value is -3.23. The maximum atomic E-state index is 12.8. The Morgan fingerprint density at radius 1 is 1.15 bits per heavy atom. The maximum absolute atomic E-state index is 12.8. The first-order valence-electron chi connectivity index (χ1n) is 11.3. The molecule has 3 heterocycles. The van der Waals surface area contributed by atoms with Gasteiger partial charge in [-0.1, -0.05) is 50.6 Å². The minimum absolute atomic E-state index is 0.365. The van der Waals surface area contributed by atoms with Crippen LogP contribution in [0.4, 0.5) is 5.82 Å². The summed E-state index contributed by atoms with van der Waals surface area (Å²) in [5.74, 6) is 0.501. The SMILES string of the molecule is CC(C)(C)c1nc(NCCc2cccnc2)c2n[nH]c(=O)n2c1C(O)CCc1ccc(Cl)cc1. The van der Waals surface area contributed by atoms with E-state index in [0.717, 1.165) is 17.5 Å². The number of aliphatic hydroxyl groups excluding tert-OH is 1. The van der Waals surface area contributed by atoms with Crippen LogP contribution in [0.3, 0.4) is 0 Å². The number of nitrogens with one attached hydrogen (secondary N) is 2. The monoisotopic (exact) mass is 480 g/mol. The third-order valence-electron chi connectivity index (χ3n) is 5.67. The van der Waals surface area contributed by atoms with Crippen LogP contribution in [0.25, 0.3) is 5.65 Å². The molecule has 3 N–H and O–H groups in total. The summed E-state index contributed by atoms with van der Waals surface area (Å²) < 4.78 is 1.45. The number of nitrogens with zero attached hydrogens (tertiary/aromatic N) is 4. The predicted molar refractivity (Wildman–Crippen MR) is 133 cm³/mol. The van der Waals surface area contributed by atoms with Gasteiger partial charge in [-0.15, -0.1) is 5.10 Å². The first kappa shape index (κ1) is 23.9. The third kappa shape index (κ3) is 5.29. The number of fused-ring (bicyclic) bond motifs is 1. The highest BCUT2D eigenvalue weighted by Crippen LogP contribution is 2.32. The summed E-state index contributed by atoms with van der Waals surface area (Å²) in [6.45, 7) is 6.64. The average molecular weight is 481 g/mol. The maximum Gasteiger partial charge on any atom is 0.348 e. The van der Waals surface area contributed by atoms with Crippen LogP contribution in [0.5, 0.6) is 0 Å². The van der Waals surface area contributed by atoms with Crippen LogP contribution in [0.1, 0.15) is 55.8 Å². The number of aromatic amines is 1. The van der Waals surface area contributed by atoms with Gasteiger partial charge in [0.1, 0.15) is 0 Å². The van der Waals surface area contributed by atoms with Crippen LogP contribution in [0.15, 0.2) is 53.6 Å². The van der Waals surface area contributed by atoms with Crippen molar-refractivity contribution in [1.29, 1.82) is 0 Å². The number of halogens is 1. The zero-order chi connectivity index (χ0) is 24.3. The van der Waals surface area contributed by atoms with Crippen LogP contribution in [-0.4, -0.2) is 36.2 Å². The zero-order valence-corrected chi connectivity index (χ0v) is 20.3. The Morgan fingerprint density at radius 2 is 1.91 bits per heavy atom. The van der Waals surface area contributed by atoms with Crippen molar-refractivity contribution in [1.82, 2.24) is 24.6 Å². The Balaban J connectivity index is 1.66. The third-order valence-corrected chi connectivity index (χ3v) is 5.92. The number of hydrogen-bond donors (Lipinski definition) is 3. The summed E-state index contributed by atoms with van der Waals surface area (Å²) >= 11 is 5.98. The highest BCUT2D eigenvalue weighted by Gasteiger charge is 2.29. The normalized spacial score (nSPS) is 12.7.